The highest BCUT2D eigenvalue weighted by Crippen LogP contribution is 2.22. The fourth-order valence-electron chi connectivity index (χ4n) is 1.16. The Morgan fingerprint density at radius 2 is 2.23 bits per heavy atom. The number of aryl methyl sites for hydroxylation is 1. The summed E-state index contributed by atoms with van der Waals surface area (Å²) in [7, 11) is 0. The first kappa shape index (κ1) is 10.2. The lowest BCUT2D eigenvalue weighted by atomic mass is 10.1. The minimum absolute atomic E-state index is 0.135. The number of hydrogen-bond donors (Lipinski definition) is 1. The maximum absolute atomic E-state index is 9.53. The van der Waals surface area contributed by atoms with Gasteiger partial charge in [-0.05, 0) is 30.2 Å². The second-order valence-corrected chi connectivity index (χ2v) is 3.86. The van der Waals surface area contributed by atoms with Crippen molar-refractivity contribution in [1.29, 1.82) is 5.26 Å². The van der Waals surface area contributed by atoms with Gasteiger partial charge in [0.05, 0.1) is 18.6 Å². The van der Waals surface area contributed by atoms with Gasteiger partial charge in [0.2, 0.25) is 0 Å². The van der Waals surface area contributed by atoms with Crippen LogP contribution < -0.4 is 0 Å². The molecular formula is C10H10BrNO. The molecule has 1 N–H and O–H groups in total. The van der Waals surface area contributed by atoms with Gasteiger partial charge < -0.3 is 5.11 Å². The number of nitrogens with zero attached hydrogens (tertiary/aromatic N) is 1. The molecule has 0 aliphatic heterocycles. The zero-order valence-electron chi connectivity index (χ0n) is 7.29. The van der Waals surface area contributed by atoms with Crippen molar-refractivity contribution in [2.75, 3.05) is 0 Å². The van der Waals surface area contributed by atoms with Crippen LogP contribution in [0, 0.1) is 18.3 Å². The fraction of sp³-hybridized carbons (Fsp3) is 0.300. The molecule has 0 fully saturated rings. The van der Waals surface area contributed by atoms with Crippen LogP contribution in [0.3, 0.4) is 0 Å². The molecule has 2 nitrogen and oxygen atoms in total. The van der Waals surface area contributed by atoms with E-state index in [0.29, 0.717) is 0 Å². The third-order valence-electron chi connectivity index (χ3n) is 1.73. The molecule has 1 unspecified atom stereocenters. The minimum Gasteiger partial charge on any atom is -0.387 e. The van der Waals surface area contributed by atoms with Crippen molar-refractivity contribution in [3.63, 3.8) is 0 Å². The standard InChI is InChI=1S/C10H10BrNO/c1-7-4-8(6-9(11)5-7)10(13)2-3-12/h4-6,10,13H,2H2,1H3. The van der Waals surface area contributed by atoms with Crippen LogP contribution in [0.2, 0.25) is 0 Å². The maximum Gasteiger partial charge on any atom is 0.0920 e. The van der Waals surface area contributed by atoms with Gasteiger partial charge >= 0.3 is 0 Å². The first-order chi connectivity index (χ1) is 6.13. The number of rotatable bonds is 2. The average molecular weight is 240 g/mol. The number of aliphatic hydroxyl groups excluding tert-OH is 1. The van der Waals surface area contributed by atoms with Gasteiger partial charge in [0.25, 0.3) is 0 Å². The van der Waals surface area contributed by atoms with Crippen molar-refractivity contribution in [1.82, 2.24) is 0 Å². The van der Waals surface area contributed by atoms with E-state index in [1.165, 1.54) is 0 Å². The highest BCUT2D eigenvalue weighted by molar-refractivity contribution is 9.10. The second kappa shape index (κ2) is 4.40. The summed E-state index contributed by atoms with van der Waals surface area (Å²) < 4.78 is 0.930. The third kappa shape index (κ3) is 2.83. The Balaban J connectivity index is 2.95. The van der Waals surface area contributed by atoms with E-state index in [9.17, 15) is 5.11 Å². The predicted octanol–water partition coefficient (Wildman–Crippen LogP) is 2.70. The molecule has 1 rings (SSSR count). The van der Waals surface area contributed by atoms with Gasteiger partial charge in [0, 0.05) is 4.47 Å². The molecular weight excluding hydrogens is 230 g/mol. The summed E-state index contributed by atoms with van der Waals surface area (Å²) in [6.07, 6.45) is -0.545. The predicted molar refractivity (Wildman–Crippen MR) is 54.1 cm³/mol. The van der Waals surface area contributed by atoms with Crippen LogP contribution in [0.15, 0.2) is 22.7 Å². The summed E-state index contributed by atoms with van der Waals surface area (Å²) in [5.41, 5.74) is 1.86. The SMILES string of the molecule is Cc1cc(Br)cc(C(O)CC#N)c1. The molecule has 1 atom stereocenters. The first-order valence-corrected chi connectivity index (χ1v) is 4.75. The molecule has 0 saturated heterocycles. The molecule has 13 heavy (non-hydrogen) atoms. The highest BCUT2D eigenvalue weighted by Gasteiger charge is 2.07. The highest BCUT2D eigenvalue weighted by atomic mass is 79.9. The largest absolute Gasteiger partial charge is 0.387 e. The van der Waals surface area contributed by atoms with E-state index in [4.69, 9.17) is 5.26 Å². The number of hydrogen-bond acceptors (Lipinski definition) is 2. The number of benzene rings is 1. The van der Waals surface area contributed by atoms with E-state index in [0.717, 1.165) is 15.6 Å². The van der Waals surface area contributed by atoms with E-state index in [2.05, 4.69) is 15.9 Å². The Kier molecular flexibility index (Phi) is 3.47. The molecule has 0 saturated carbocycles. The molecule has 0 aliphatic rings. The molecule has 0 aliphatic carbocycles. The summed E-state index contributed by atoms with van der Waals surface area (Å²) in [6.45, 7) is 1.95. The monoisotopic (exact) mass is 239 g/mol. The van der Waals surface area contributed by atoms with Gasteiger partial charge in [-0.15, -0.1) is 0 Å². The van der Waals surface area contributed by atoms with E-state index >= 15 is 0 Å². The van der Waals surface area contributed by atoms with Gasteiger partial charge in [0.1, 0.15) is 0 Å². The summed E-state index contributed by atoms with van der Waals surface area (Å²) in [6, 6.07) is 7.61. The van der Waals surface area contributed by atoms with Gasteiger partial charge in [-0.2, -0.15) is 5.26 Å². The summed E-state index contributed by atoms with van der Waals surface area (Å²) >= 11 is 3.34. The van der Waals surface area contributed by atoms with Crippen molar-refractivity contribution in [3.05, 3.63) is 33.8 Å². The van der Waals surface area contributed by atoms with E-state index < -0.39 is 6.10 Å². The molecule has 0 spiro atoms. The van der Waals surface area contributed by atoms with Gasteiger partial charge in [0.15, 0.2) is 0 Å². The van der Waals surface area contributed by atoms with Crippen LogP contribution in [0.25, 0.3) is 0 Å². The van der Waals surface area contributed by atoms with Gasteiger partial charge in [-0.3, -0.25) is 0 Å². The Hall–Kier alpha value is -0.850. The summed E-state index contributed by atoms with van der Waals surface area (Å²) in [5, 5.41) is 17.9. The van der Waals surface area contributed by atoms with Crippen molar-refractivity contribution < 1.29 is 5.11 Å². The van der Waals surface area contributed by atoms with Crippen molar-refractivity contribution in [2.45, 2.75) is 19.4 Å². The molecule has 0 radical (unpaired) electrons. The van der Waals surface area contributed by atoms with Crippen LogP contribution in [0.1, 0.15) is 23.7 Å². The molecule has 3 heteroatoms. The third-order valence-corrected chi connectivity index (χ3v) is 2.19. The van der Waals surface area contributed by atoms with Crippen LogP contribution >= 0.6 is 15.9 Å². The quantitative estimate of drug-likeness (QED) is 0.863. The average Bonchev–Trinajstić information content (AvgIpc) is 2.03. The van der Waals surface area contributed by atoms with Crippen LogP contribution in [0.5, 0.6) is 0 Å². The lowest BCUT2D eigenvalue weighted by Gasteiger charge is -2.08. The topological polar surface area (TPSA) is 44.0 Å². The Labute approximate surface area is 85.9 Å². The lowest BCUT2D eigenvalue weighted by molar-refractivity contribution is 0.183. The minimum atomic E-state index is -0.679. The van der Waals surface area contributed by atoms with Gasteiger partial charge in [-0.1, -0.05) is 22.0 Å². The zero-order chi connectivity index (χ0) is 9.84. The van der Waals surface area contributed by atoms with Crippen LogP contribution in [-0.2, 0) is 0 Å². The van der Waals surface area contributed by atoms with Crippen molar-refractivity contribution >= 4 is 15.9 Å². The van der Waals surface area contributed by atoms with Crippen LogP contribution in [-0.4, -0.2) is 5.11 Å². The fourth-order valence-corrected chi connectivity index (χ4v) is 1.79. The van der Waals surface area contributed by atoms with E-state index in [-0.39, 0.29) is 6.42 Å². The molecule has 0 heterocycles. The van der Waals surface area contributed by atoms with E-state index in [1.807, 2.05) is 31.2 Å². The summed E-state index contributed by atoms with van der Waals surface area (Å²) in [5.74, 6) is 0. The van der Waals surface area contributed by atoms with E-state index in [1.54, 1.807) is 0 Å². The van der Waals surface area contributed by atoms with Gasteiger partial charge in [-0.25, -0.2) is 0 Å². The normalized spacial score (nSPS) is 12.2. The zero-order valence-corrected chi connectivity index (χ0v) is 8.87. The number of halogens is 1. The van der Waals surface area contributed by atoms with Crippen molar-refractivity contribution in [3.8, 4) is 6.07 Å². The first-order valence-electron chi connectivity index (χ1n) is 3.95. The molecule has 0 bridgehead atoms. The Morgan fingerprint density at radius 3 is 2.77 bits per heavy atom. The van der Waals surface area contributed by atoms with Crippen LogP contribution in [0.4, 0.5) is 0 Å². The molecule has 68 valence electrons. The Morgan fingerprint density at radius 1 is 1.54 bits per heavy atom. The molecule has 0 amide bonds. The Bertz CT molecular complexity index is 323. The second-order valence-electron chi connectivity index (χ2n) is 2.94. The van der Waals surface area contributed by atoms with Crippen molar-refractivity contribution in [2.24, 2.45) is 0 Å². The lowest BCUT2D eigenvalue weighted by Crippen LogP contribution is -1.96. The molecule has 1 aromatic rings. The smallest absolute Gasteiger partial charge is 0.0920 e. The number of aliphatic hydroxyl groups is 1. The number of nitriles is 1. The molecule has 1 aromatic carbocycles. The maximum atomic E-state index is 9.53. The molecule has 0 aromatic heterocycles. The summed E-state index contributed by atoms with van der Waals surface area (Å²) in [4.78, 5) is 0.